The maximum Gasteiger partial charge on any atom is 0.341 e. The van der Waals surface area contributed by atoms with E-state index in [4.69, 9.17) is 10.00 Å². The summed E-state index contributed by atoms with van der Waals surface area (Å²) in [4.78, 5) is 18.9. The van der Waals surface area contributed by atoms with Gasteiger partial charge in [0.2, 0.25) is 0 Å². The van der Waals surface area contributed by atoms with Crippen molar-refractivity contribution in [1.82, 2.24) is 24.7 Å². The number of likely N-dealkylation sites (tertiary alicyclic amines) is 1. The second-order valence-electron chi connectivity index (χ2n) is 9.07. The van der Waals surface area contributed by atoms with Gasteiger partial charge < -0.3 is 9.64 Å². The number of aryl methyl sites for hydroxylation is 2. The molecule has 0 bridgehead atoms. The largest absolute Gasteiger partial charge is 0.483 e. The van der Waals surface area contributed by atoms with Crippen LogP contribution in [0.25, 0.3) is 11.3 Å². The Hall–Kier alpha value is -4.33. The van der Waals surface area contributed by atoms with Crippen LogP contribution in [-0.2, 0) is 6.54 Å². The molecule has 0 saturated carbocycles. The summed E-state index contributed by atoms with van der Waals surface area (Å²) in [5, 5.41) is 19.1. The van der Waals surface area contributed by atoms with Gasteiger partial charge in [-0.1, -0.05) is 0 Å². The fourth-order valence-electron chi connectivity index (χ4n) is 4.76. The minimum Gasteiger partial charge on any atom is -0.483 e. The Labute approximate surface area is 212 Å². The minimum absolute atomic E-state index is 0.0611. The van der Waals surface area contributed by atoms with Crippen molar-refractivity contribution in [2.24, 2.45) is 5.10 Å². The number of halogens is 2. The van der Waals surface area contributed by atoms with Crippen molar-refractivity contribution in [2.75, 3.05) is 13.1 Å². The summed E-state index contributed by atoms with van der Waals surface area (Å²) in [5.41, 5.74) is 3.82. The first-order chi connectivity index (χ1) is 17.8. The molecule has 0 aliphatic carbocycles. The molecule has 37 heavy (non-hydrogen) atoms. The van der Waals surface area contributed by atoms with Crippen LogP contribution in [0.15, 0.2) is 35.6 Å². The number of nitriles is 1. The third-order valence-corrected chi connectivity index (χ3v) is 6.63. The summed E-state index contributed by atoms with van der Waals surface area (Å²) in [6, 6.07) is 6.63. The molecule has 0 N–H and O–H groups in total. The third-order valence-electron chi connectivity index (χ3n) is 6.63. The number of nitrogens with zero attached hydrogens (tertiary/aromatic N) is 7. The zero-order valence-corrected chi connectivity index (χ0v) is 20.7. The maximum atomic E-state index is 14.5. The molecule has 11 heteroatoms. The van der Waals surface area contributed by atoms with Crippen molar-refractivity contribution in [3.63, 3.8) is 0 Å². The number of pyridine rings is 1. The molecule has 4 heterocycles. The number of hydrogen-bond donors (Lipinski definition) is 0. The summed E-state index contributed by atoms with van der Waals surface area (Å²) < 4.78 is 36.2. The molecule has 0 unspecified atom stereocenters. The van der Waals surface area contributed by atoms with Crippen LogP contribution in [-0.4, -0.2) is 56.1 Å². The smallest absolute Gasteiger partial charge is 0.341 e. The molecule has 0 radical (unpaired) electrons. The van der Waals surface area contributed by atoms with E-state index in [-0.39, 0.29) is 30.4 Å². The Bertz CT molecular complexity index is 1440. The molecule has 1 aromatic carbocycles. The lowest BCUT2D eigenvalue weighted by atomic mass is 10.0. The average molecular weight is 506 g/mol. The van der Waals surface area contributed by atoms with Crippen LogP contribution in [0.4, 0.5) is 13.6 Å². The van der Waals surface area contributed by atoms with Gasteiger partial charge in [0.1, 0.15) is 11.9 Å². The van der Waals surface area contributed by atoms with Gasteiger partial charge in [0.05, 0.1) is 48.3 Å². The van der Waals surface area contributed by atoms with Crippen LogP contribution in [0.1, 0.15) is 41.9 Å². The van der Waals surface area contributed by atoms with Crippen LogP contribution < -0.4 is 4.74 Å². The first-order valence-corrected chi connectivity index (χ1v) is 12.0. The van der Waals surface area contributed by atoms with Crippen molar-refractivity contribution in [3.05, 3.63) is 64.6 Å². The first kappa shape index (κ1) is 24.4. The first-order valence-electron chi connectivity index (χ1n) is 12.0. The number of benzene rings is 1. The second kappa shape index (κ2) is 9.61. The predicted molar refractivity (Wildman–Crippen MR) is 131 cm³/mol. The van der Waals surface area contributed by atoms with Crippen LogP contribution in [0.3, 0.4) is 0 Å². The molecule has 0 spiro atoms. The fraction of sp³-hybridized carbons (Fsp3) is 0.346. The lowest BCUT2D eigenvalue weighted by Gasteiger charge is -2.41. The molecule has 1 saturated heterocycles. The van der Waals surface area contributed by atoms with Gasteiger partial charge in [-0.25, -0.2) is 18.6 Å². The van der Waals surface area contributed by atoms with Gasteiger partial charge in [-0.15, -0.1) is 0 Å². The fourth-order valence-corrected chi connectivity index (χ4v) is 4.76. The van der Waals surface area contributed by atoms with E-state index in [9.17, 15) is 13.6 Å². The van der Waals surface area contributed by atoms with E-state index in [2.05, 4.69) is 15.2 Å². The molecule has 1 fully saturated rings. The molecule has 2 aliphatic heterocycles. The van der Waals surface area contributed by atoms with Gasteiger partial charge in [-0.2, -0.15) is 15.5 Å². The zero-order chi connectivity index (χ0) is 26.3. The Kier molecular flexibility index (Phi) is 6.33. The number of rotatable bonds is 5. The van der Waals surface area contributed by atoms with E-state index < -0.39 is 23.8 Å². The van der Waals surface area contributed by atoms with Crippen molar-refractivity contribution in [2.45, 2.75) is 45.9 Å². The number of carbonyl (C=O) groups is 1. The second-order valence-corrected chi connectivity index (χ2v) is 9.07. The number of hydrazone groups is 1. The Morgan fingerprint density at radius 1 is 1.22 bits per heavy atom. The minimum atomic E-state index is -0.588. The highest BCUT2D eigenvalue weighted by Crippen LogP contribution is 2.33. The van der Waals surface area contributed by atoms with E-state index in [1.165, 1.54) is 16.0 Å². The van der Waals surface area contributed by atoms with Gasteiger partial charge in [0.15, 0.2) is 11.6 Å². The lowest BCUT2D eigenvalue weighted by molar-refractivity contribution is 0.0257. The zero-order valence-electron chi connectivity index (χ0n) is 20.7. The van der Waals surface area contributed by atoms with Gasteiger partial charge in [-0.05, 0) is 44.5 Å². The molecule has 5 rings (SSSR count). The molecule has 9 nitrogen and oxygen atoms in total. The van der Waals surface area contributed by atoms with Crippen LogP contribution in [0.5, 0.6) is 5.75 Å². The van der Waals surface area contributed by atoms with E-state index in [1.807, 2.05) is 31.5 Å². The Balaban J connectivity index is 1.26. The predicted octanol–water partition coefficient (Wildman–Crippen LogP) is 4.35. The average Bonchev–Trinajstić information content (AvgIpc) is 3.45. The summed E-state index contributed by atoms with van der Waals surface area (Å²) >= 11 is 0. The quantitative estimate of drug-likeness (QED) is 0.513. The Morgan fingerprint density at radius 2 is 2.00 bits per heavy atom. The topological polar surface area (TPSA) is 99.6 Å². The van der Waals surface area contributed by atoms with Crippen LogP contribution >= 0.6 is 0 Å². The van der Waals surface area contributed by atoms with Crippen molar-refractivity contribution in [3.8, 4) is 23.1 Å². The number of ether oxygens (including phenoxy) is 1. The maximum absolute atomic E-state index is 14.5. The van der Waals surface area contributed by atoms with Gasteiger partial charge in [-0.3, -0.25) is 9.67 Å². The number of amides is 2. The SMILES string of the molecule is CCn1nc(C)c(-c2cc(OC3CN(C(=O)N4N=CC[C@H]4c4cc(F)cc(C#N)c4)C3)c(F)cn2)c1C. The summed E-state index contributed by atoms with van der Waals surface area (Å²) in [6.07, 6.45) is 2.73. The molecular weight excluding hydrogens is 480 g/mol. The number of urea groups is 1. The van der Waals surface area contributed by atoms with Gasteiger partial charge >= 0.3 is 6.03 Å². The van der Waals surface area contributed by atoms with Gasteiger partial charge in [0, 0.05) is 36.5 Å². The van der Waals surface area contributed by atoms with Crippen molar-refractivity contribution < 1.29 is 18.3 Å². The van der Waals surface area contributed by atoms with E-state index >= 15 is 0 Å². The highest BCUT2D eigenvalue weighted by Gasteiger charge is 2.39. The van der Waals surface area contributed by atoms with Gasteiger partial charge in [0.25, 0.3) is 0 Å². The standard InChI is InChI=1S/C26H25F2N7O2/c1-4-34-16(3)25(15(2)32-34)22-10-24(21(28)12-30-22)37-20-13-33(14-20)26(36)35-23(5-6-31-35)18-7-17(11-29)8-19(27)9-18/h6-10,12,20,23H,4-5,13-14H2,1-3H3/t23-/m0/s1. The molecule has 190 valence electrons. The number of hydrogen-bond acceptors (Lipinski definition) is 6. The lowest BCUT2D eigenvalue weighted by Crippen LogP contribution is -2.58. The number of aromatic nitrogens is 3. The van der Waals surface area contributed by atoms with Crippen LogP contribution in [0.2, 0.25) is 0 Å². The van der Waals surface area contributed by atoms with E-state index in [0.29, 0.717) is 24.2 Å². The third kappa shape index (κ3) is 4.50. The molecule has 1 atom stereocenters. The van der Waals surface area contributed by atoms with Crippen LogP contribution in [0, 0.1) is 36.8 Å². The molecule has 2 aliphatic rings. The summed E-state index contributed by atoms with van der Waals surface area (Å²) in [7, 11) is 0. The van der Waals surface area contributed by atoms with Crippen molar-refractivity contribution in [1.29, 1.82) is 5.26 Å². The Morgan fingerprint density at radius 3 is 2.70 bits per heavy atom. The van der Waals surface area contributed by atoms with E-state index in [1.54, 1.807) is 18.3 Å². The summed E-state index contributed by atoms with van der Waals surface area (Å²) in [6.45, 7) is 7.02. The normalized spacial score (nSPS) is 17.1. The molecular formula is C26H25F2N7O2. The highest BCUT2D eigenvalue weighted by molar-refractivity contribution is 5.79. The molecule has 2 amide bonds. The highest BCUT2D eigenvalue weighted by atomic mass is 19.1. The number of carbonyl (C=O) groups excluding carboxylic acids is 1. The monoisotopic (exact) mass is 505 g/mol. The summed E-state index contributed by atoms with van der Waals surface area (Å²) in [5.74, 6) is -1.07. The molecule has 3 aromatic rings. The van der Waals surface area contributed by atoms with E-state index in [0.717, 1.165) is 29.2 Å². The van der Waals surface area contributed by atoms with Crippen molar-refractivity contribution >= 4 is 12.2 Å². The molecule has 2 aromatic heterocycles.